The summed E-state index contributed by atoms with van der Waals surface area (Å²) in [4.78, 5) is 39.5. The molecule has 0 aliphatic carbocycles. The molecule has 2 aliphatic rings. The van der Waals surface area contributed by atoms with Gasteiger partial charge in [0, 0.05) is 25.8 Å². The van der Waals surface area contributed by atoms with E-state index in [1.165, 1.54) is 6.20 Å². The first kappa shape index (κ1) is 17.3. The number of pyridine rings is 1. The van der Waals surface area contributed by atoms with E-state index >= 15 is 0 Å². The Morgan fingerprint density at radius 3 is 2.74 bits per heavy atom. The normalized spacial score (nSPS) is 18.6. The highest BCUT2D eigenvalue weighted by atomic mass is 16.3. The molecule has 2 N–H and O–H groups in total. The standard InChI is InChI=1S/C20H21N3O4/c24-17-15(19(26)21-10-13-6-2-1-3-7-13)12-23-14-8-4-5-9-22(11-14)20(27)16(23)18(17)25/h1-3,6-7,12,14,25H,4-5,8-11H2,(H,21,26)/t14-/m0/s1. The summed E-state index contributed by atoms with van der Waals surface area (Å²) in [6, 6.07) is 9.32. The fourth-order valence-electron chi connectivity index (χ4n) is 3.84. The number of aromatic hydroxyl groups is 1. The Kier molecular flexibility index (Phi) is 4.43. The van der Waals surface area contributed by atoms with Gasteiger partial charge in [0.15, 0.2) is 11.4 Å². The smallest absolute Gasteiger partial charge is 0.274 e. The van der Waals surface area contributed by atoms with Gasteiger partial charge in [-0.3, -0.25) is 14.4 Å². The van der Waals surface area contributed by atoms with Crippen LogP contribution in [0, 0.1) is 0 Å². The van der Waals surface area contributed by atoms with E-state index in [9.17, 15) is 19.5 Å². The van der Waals surface area contributed by atoms with Crippen molar-refractivity contribution in [3.8, 4) is 5.75 Å². The molecule has 2 bridgehead atoms. The van der Waals surface area contributed by atoms with E-state index in [2.05, 4.69) is 5.32 Å². The number of fused-ring (bicyclic) bond motifs is 4. The van der Waals surface area contributed by atoms with Crippen LogP contribution in [0.2, 0.25) is 0 Å². The van der Waals surface area contributed by atoms with E-state index in [0.29, 0.717) is 13.1 Å². The number of aromatic nitrogens is 1. The Balaban J connectivity index is 1.68. The lowest BCUT2D eigenvalue weighted by molar-refractivity contribution is 0.0677. The topological polar surface area (TPSA) is 91.6 Å². The molecule has 4 rings (SSSR count). The average molecular weight is 367 g/mol. The van der Waals surface area contributed by atoms with E-state index in [-0.39, 0.29) is 29.8 Å². The molecule has 0 saturated carbocycles. The third-order valence-corrected chi connectivity index (χ3v) is 5.28. The molecule has 7 nitrogen and oxygen atoms in total. The molecule has 2 amide bonds. The minimum absolute atomic E-state index is 0.00207. The number of rotatable bonds is 3. The number of hydrogen-bond donors (Lipinski definition) is 2. The number of nitrogens with zero attached hydrogens (tertiary/aromatic N) is 2. The molecule has 1 aromatic heterocycles. The molecular weight excluding hydrogens is 346 g/mol. The van der Waals surface area contributed by atoms with Crippen LogP contribution in [0.4, 0.5) is 0 Å². The SMILES string of the molecule is O=C(NCc1ccccc1)c1cn2c(c(O)c1=O)C(=O)N1CCCC[C@H]2C1. The lowest BCUT2D eigenvalue weighted by Gasteiger charge is -2.34. The lowest BCUT2D eigenvalue weighted by Crippen LogP contribution is -2.44. The summed E-state index contributed by atoms with van der Waals surface area (Å²) >= 11 is 0. The number of hydrogen-bond acceptors (Lipinski definition) is 4. The van der Waals surface area contributed by atoms with Crippen LogP contribution in [0.3, 0.4) is 0 Å². The second-order valence-corrected chi connectivity index (χ2v) is 7.05. The third-order valence-electron chi connectivity index (χ3n) is 5.28. The Hall–Kier alpha value is -3.09. The maximum atomic E-state index is 12.7. The van der Waals surface area contributed by atoms with Crippen LogP contribution in [-0.2, 0) is 6.54 Å². The fraction of sp³-hybridized carbons (Fsp3) is 0.350. The highest BCUT2D eigenvalue weighted by Gasteiger charge is 2.36. The Morgan fingerprint density at radius 1 is 1.19 bits per heavy atom. The van der Waals surface area contributed by atoms with Crippen LogP contribution in [-0.4, -0.2) is 39.5 Å². The van der Waals surface area contributed by atoms with Crippen molar-refractivity contribution in [2.24, 2.45) is 0 Å². The monoisotopic (exact) mass is 367 g/mol. The largest absolute Gasteiger partial charge is 0.503 e. The zero-order valence-electron chi connectivity index (χ0n) is 14.9. The fourth-order valence-corrected chi connectivity index (χ4v) is 3.84. The predicted octanol–water partition coefficient (Wildman–Crippen LogP) is 1.66. The maximum absolute atomic E-state index is 12.7. The number of carbonyl (C=O) groups excluding carboxylic acids is 2. The molecule has 1 fully saturated rings. The summed E-state index contributed by atoms with van der Waals surface area (Å²) < 4.78 is 1.62. The van der Waals surface area contributed by atoms with E-state index in [4.69, 9.17) is 0 Å². The summed E-state index contributed by atoms with van der Waals surface area (Å²) in [6.45, 7) is 1.44. The van der Waals surface area contributed by atoms with E-state index in [0.717, 1.165) is 24.8 Å². The van der Waals surface area contributed by atoms with Gasteiger partial charge >= 0.3 is 0 Å². The molecule has 1 aromatic carbocycles. The molecule has 1 saturated heterocycles. The van der Waals surface area contributed by atoms with Gasteiger partial charge < -0.3 is 19.9 Å². The molecule has 0 radical (unpaired) electrons. The molecular formula is C20H21N3O4. The summed E-state index contributed by atoms with van der Waals surface area (Å²) in [7, 11) is 0. The third kappa shape index (κ3) is 3.09. The number of benzene rings is 1. The molecule has 27 heavy (non-hydrogen) atoms. The van der Waals surface area contributed by atoms with Gasteiger partial charge in [-0.2, -0.15) is 0 Å². The van der Waals surface area contributed by atoms with Crippen LogP contribution in [0.25, 0.3) is 0 Å². The molecule has 3 heterocycles. The van der Waals surface area contributed by atoms with Crippen LogP contribution >= 0.6 is 0 Å². The minimum Gasteiger partial charge on any atom is -0.503 e. The minimum atomic E-state index is -0.806. The van der Waals surface area contributed by atoms with E-state index in [1.807, 2.05) is 30.3 Å². The first-order valence-corrected chi connectivity index (χ1v) is 9.16. The van der Waals surface area contributed by atoms with Crippen LogP contribution < -0.4 is 10.7 Å². The van der Waals surface area contributed by atoms with E-state index in [1.54, 1.807) is 9.47 Å². The second-order valence-electron chi connectivity index (χ2n) is 7.05. The van der Waals surface area contributed by atoms with E-state index < -0.39 is 17.1 Å². The van der Waals surface area contributed by atoms with Crippen molar-refractivity contribution >= 4 is 11.8 Å². The van der Waals surface area contributed by atoms with Crippen molar-refractivity contribution in [3.05, 3.63) is 63.6 Å². The van der Waals surface area contributed by atoms with Crippen molar-refractivity contribution in [1.82, 2.24) is 14.8 Å². The molecule has 7 heteroatoms. The Labute approximate surface area is 156 Å². The van der Waals surface area contributed by atoms with Crippen molar-refractivity contribution in [1.29, 1.82) is 0 Å². The molecule has 0 unspecified atom stereocenters. The Bertz CT molecular complexity index is 952. The summed E-state index contributed by atoms with van der Waals surface area (Å²) in [5.74, 6) is -1.54. The molecule has 2 aromatic rings. The van der Waals surface area contributed by atoms with Gasteiger partial charge in [-0.15, -0.1) is 0 Å². The van der Waals surface area contributed by atoms with Gasteiger partial charge in [-0.1, -0.05) is 30.3 Å². The predicted molar refractivity (Wildman–Crippen MR) is 98.8 cm³/mol. The summed E-state index contributed by atoms with van der Waals surface area (Å²) in [6.07, 6.45) is 4.12. The first-order valence-electron chi connectivity index (χ1n) is 9.16. The van der Waals surface area contributed by atoms with Gasteiger partial charge in [0.1, 0.15) is 5.56 Å². The van der Waals surface area contributed by atoms with Gasteiger partial charge in [-0.05, 0) is 24.8 Å². The number of nitrogens with one attached hydrogen (secondary N) is 1. The lowest BCUT2D eigenvalue weighted by atomic mass is 10.1. The molecule has 2 aliphatic heterocycles. The van der Waals surface area contributed by atoms with Crippen molar-refractivity contribution in [2.45, 2.75) is 31.8 Å². The van der Waals surface area contributed by atoms with Crippen LogP contribution in [0.5, 0.6) is 5.75 Å². The van der Waals surface area contributed by atoms with Gasteiger partial charge in [0.05, 0.1) is 6.04 Å². The summed E-state index contributed by atoms with van der Waals surface area (Å²) in [5, 5.41) is 13.1. The zero-order valence-corrected chi connectivity index (χ0v) is 14.9. The zero-order chi connectivity index (χ0) is 19.0. The molecule has 0 spiro atoms. The number of amides is 2. The van der Waals surface area contributed by atoms with Gasteiger partial charge in [0.2, 0.25) is 5.43 Å². The van der Waals surface area contributed by atoms with Gasteiger partial charge in [-0.25, -0.2) is 0 Å². The first-order chi connectivity index (χ1) is 13.1. The molecule has 140 valence electrons. The Morgan fingerprint density at radius 2 is 1.96 bits per heavy atom. The maximum Gasteiger partial charge on any atom is 0.274 e. The van der Waals surface area contributed by atoms with Crippen LogP contribution in [0.1, 0.15) is 51.7 Å². The highest BCUT2D eigenvalue weighted by Crippen LogP contribution is 2.31. The summed E-state index contributed by atoms with van der Waals surface area (Å²) in [5.41, 5.74) is -0.0434. The number of carbonyl (C=O) groups is 2. The molecule has 1 atom stereocenters. The van der Waals surface area contributed by atoms with Crippen molar-refractivity contribution in [3.63, 3.8) is 0 Å². The van der Waals surface area contributed by atoms with Gasteiger partial charge in [0.25, 0.3) is 11.8 Å². The second kappa shape index (κ2) is 6.90. The highest BCUT2D eigenvalue weighted by molar-refractivity contribution is 5.99. The van der Waals surface area contributed by atoms with Crippen LogP contribution in [0.15, 0.2) is 41.3 Å². The van der Waals surface area contributed by atoms with Crippen molar-refractivity contribution < 1.29 is 14.7 Å². The quantitative estimate of drug-likeness (QED) is 0.863. The average Bonchev–Trinajstić information content (AvgIpc) is 2.91. The van der Waals surface area contributed by atoms with Crippen molar-refractivity contribution in [2.75, 3.05) is 13.1 Å².